The number of carbonyl (C=O) groups excluding carboxylic acids is 1. The SMILES string of the molecule is CC(C)=CC(=O)NC1CCC(CCN2CCN(c3cccc(C(F)(F)F)c3)CC2)CC1. The number of alkyl halides is 3. The standard InChI is InChI=1S/C24H34F3N3O/c1-18(2)16-23(31)28-21-8-6-19(7-9-21)10-11-29-12-14-30(15-13-29)22-5-3-4-20(17-22)24(25,26)27/h3-5,16-17,19,21H,6-15H2,1-2H3,(H,28,31). The smallest absolute Gasteiger partial charge is 0.369 e. The van der Waals surface area contributed by atoms with E-state index < -0.39 is 11.7 Å². The fraction of sp³-hybridized carbons (Fsp3) is 0.625. The minimum atomic E-state index is -4.30. The monoisotopic (exact) mass is 437 g/mol. The summed E-state index contributed by atoms with van der Waals surface area (Å²) in [5, 5.41) is 3.11. The minimum Gasteiger partial charge on any atom is -0.369 e. The molecule has 3 rings (SSSR count). The minimum absolute atomic E-state index is 0.0158. The molecule has 1 aliphatic carbocycles. The van der Waals surface area contributed by atoms with E-state index in [2.05, 4.69) is 10.2 Å². The first kappa shape index (κ1) is 23.6. The number of rotatable bonds is 6. The fourth-order valence-corrected chi connectivity index (χ4v) is 4.57. The molecule has 2 fully saturated rings. The van der Waals surface area contributed by atoms with Crippen molar-refractivity contribution < 1.29 is 18.0 Å². The summed E-state index contributed by atoms with van der Waals surface area (Å²) >= 11 is 0. The van der Waals surface area contributed by atoms with E-state index in [1.807, 2.05) is 18.7 Å². The van der Waals surface area contributed by atoms with Crippen LogP contribution in [0.3, 0.4) is 0 Å². The quantitative estimate of drug-likeness (QED) is 0.646. The van der Waals surface area contributed by atoms with Gasteiger partial charge in [-0.15, -0.1) is 0 Å². The molecule has 1 N–H and O–H groups in total. The molecule has 31 heavy (non-hydrogen) atoms. The first-order valence-corrected chi connectivity index (χ1v) is 11.3. The van der Waals surface area contributed by atoms with Crippen molar-refractivity contribution in [3.63, 3.8) is 0 Å². The van der Waals surface area contributed by atoms with Crippen LogP contribution < -0.4 is 10.2 Å². The first-order chi connectivity index (χ1) is 14.7. The van der Waals surface area contributed by atoms with Gasteiger partial charge in [-0.05, 0) is 76.6 Å². The molecule has 1 saturated carbocycles. The number of hydrogen-bond acceptors (Lipinski definition) is 3. The number of nitrogens with zero attached hydrogens (tertiary/aromatic N) is 2. The highest BCUT2D eigenvalue weighted by atomic mass is 19.4. The molecule has 1 saturated heterocycles. The Morgan fingerprint density at radius 3 is 2.39 bits per heavy atom. The van der Waals surface area contributed by atoms with Crippen molar-refractivity contribution in [2.45, 2.75) is 58.2 Å². The molecule has 1 heterocycles. The van der Waals surface area contributed by atoms with Crippen LogP contribution >= 0.6 is 0 Å². The molecule has 172 valence electrons. The number of halogens is 3. The highest BCUT2D eigenvalue weighted by Crippen LogP contribution is 2.32. The van der Waals surface area contributed by atoms with Crippen LogP contribution in [0, 0.1) is 5.92 Å². The molecule has 0 atom stereocenters. The molecule has 0 spiro atoms. The van der Waals surface area contributed by atoms with Gasteiger partial charge in [0.25, 0.3) is 0 Å². The van der Waals surface area contributed by atoms with Gasteiger partial charge in [0.15, 0.2) is 0 Å². The second-order valence-corrected chi connectivity index (χ2v) is 9.11. The van der Waals surface area contributed by atoms with E-state index in [4.69, 9.17) is 0 Å². The molecule has 1 aliphatic heterocycles. The summed E-state index contributed by atoms with van der Waals surface area (Å²) in [6.07, 6.45) is 2.87. The molecule has 2 aliphatic rings. The lowest BCUT2D eigenvalue weighted by molar-refractivity contribution is -0.137. The summed E-state index contributed by atoms with van der Waals surface area (Å²) in [5.74, 6) is 0.709. The highest BCUT2D eigenvalue weighted by molar-refractivity contribution is 5.88. The van der Waals surface area contributed by atoms with Crippen LogP contribution in [0.5, 0.6) is 0 Å². The normalized spacial score (nSPS) is 22.8. The van der Waals surface area contributed by atoms with Crippen molar-refractivity contribution in [1.82, 2.24) is 10.2 Å². The number of piperazine rings is 1. The van der Waals surface area contributed by atoms with Gasteiger partial charge in [0, 0.05) is 44.0 Å². The Kier molecular flexibility index (Phi) is 8.03. The van der Waals surface area contributed by atoms with Crippen molar-refractivity contribution in [2.75, 3.05) is 37.6 Å². The zero-order chi connectivity index (χ0) is 22.4. The van der Waals surface area contributed by atoms with Gasteiger partial charge in [-0.25, -0.2) is 0 Å². The van der Waals surface area contributed by atoms with Gasteiger partial charge < -0.3 is 10.2 Å². The average molecular weight is 438 g/mol. The molecular weight excluding hydrogens is 403 g/mol. The van der Waals surface area contributed by atoms with Crippen LogP contribution in [0.15, 0.2) is 35.9 Å². The number of benzene rings is 1. The molecule has 1 amide bonds. The van der Waals surface area contributed by atoms with Gasteiger partial charge in [0.05, 0.1) is 5.56 Å². The predicted molar refractivity (Wildman–Crippen MR) is 118 cm³/mol. The topological polar surface area (TPSA) is 35.6 Å². The van der Waals surface area contributed by atoms with Gasteiger partial charge in [-0.1, -0.05) is 11.6 Å². The summed E-state index contributed by atoms with van der Waals surface area (Å²) in [5.41, 5.74) is 1.09. The molecule has 4 nitrogen and oxygen atoms in total. The van der Waals surface area contributed by atoms with Crippen molar-refractivity contribution in [1.29, 1.82) is 0 Å². The van der Waals surface area contributed by atoms with Gasteiger partial charge >= 0.3 is 6.18 Å². The lowest BCUT2D eigenvalue weighted by Gasteiger charge is -2.37. The van der Waals surface area contributed by atoms with Gasteiger partial charge in [-0.3, -0.25) is 9.69 Å². The zero-order valence-electron chi connectivity index (χ0n) is 18.5. The Morgan fingerprint density at radius 1 is 1.10 bits per heavy atom. The van der Waals surface area contributed by atoms with E-state index in [1.165, 1.54) is 12.1 Å². The van der Waals surface area contributed by atoms with E-state index in [0.717, 1.165) is 76.5 Å². The Labute approximate surface area is 183 Å². The van der Waals surface area contributed by atoms with Gasteiger partial charge in [-0.2, -0.15) is 13.2 Å². The third-order valence-corrected chi connectivity index (χ3v) is 6.38. The van der Waals surface area contributed by atoms with Crippen LogP contribution in [0.4, 0.5) is 18.9 Å². The number of nitrogens with one attached hydrogen (secondary N) is 1. The van der Waals surface area contributed by atoms with Crippen LogP contribution in [0.2, 0.25) is 0 Å². The second kappa shape index (κ2) is 10.5. The van der Waals surface area contributed by atoms with E-state index in [-0.39, 0.29) is 11.9 Å². The summed E-state index contributed by atoms with van der Waals surface area (Å²) in [6.45, 7) is 8.16. The summed E-state index contributed by atoms with van der Waals surface area (Å²) in [7, 11) is 0. The molecule has 0 unspecified atom stereocenters. The van der Waals surface area contributed by atoms with Crippen LogP contribution in [0.25, 0.3) is 0 Å². The van der Waals surface area contributed by atoms with E-state index in [0.29, 0.717) is 11.6 Å². The number of hydrogen-bond donors (Lipinski definition) is 1. The van der Waals surface area contributed by atoms with Crippen LogP contribution in [0.1, 0.15) is 51.5 Å². The molecule has 0 aromatic heterocycles. The Hall–Kier alpha value is -2.02. The highest BCUT2D eigenvalue weighted by Gasteiger charge is 2.31. The van der Waals surface area contributed by atoms with Crippen LogP contribution in [-0.2, 0) is 11.0 Å². The van der Waals surface area contributed by atoms with E-state index in [9.17, 15) is 18.0 Å². The number of carbonyl (C=O) groups is 1. The molecule has 1 aromatic rings. The van der Waals surface area contributed by atoms with E-state index >= 15 is 0 Å². The largest absolute Gasteiger partial charge is 0.416 e. The maximum atomic E-state index is 13.0. The lowest BCUT2D eigenvalue weighted by atomic mass is 9.84. The number of amides is 1. The van der Waals surface area contributed by atoms with Gasteiger partial charge in [0.2, 0.25) is 5.91 Å². The number of anilines is 1. The third kappa shape index (κ3) is 7.27. The summed E-state index contributed by atoms with van der Waals surface area (Å²) in [6, 6.07) is 5.92. The van der Waals surface area contributed by atoms with Crippen molar-refractivity contribution in [3.05, 3.63) is 41.5 Å². The van der Waals surface area contributed by atoms with Crippen molar-refractivity contribution in [2.24, 2.45) is 5.92 Å². The van der Waals surface area contributed by atoms with Crippen molar-refractivity contribution in [3.8, 4) is 0 Å². The Morgan fingerprint density at radius 2 is 1.77 bits per heavy atom. The average Bonchev–Trinajstić information content (AvgIpc) is 2.72. The van der Waals surface area contributed by atoms with Crippen molar-refractivity contribution >= 4 is 11.6 Å². The summed E-state index contributed by atoms with van der Waals surface area (Å²) in [4.78, 5) is 16.3. The van der Waals surface area contributed by atoms with Gasteiger partial charge in [0.1, 0.15) is 0 Å². The Balaban J connectivity index is 1.37. The lowest BCUT2D eigenvalue weighted by Crippen LogP contribution is -2.47. The molecule has 7 heteroatoms. The molecule has 0 radical (unpaired) electrons. The third-order valence-electron chi connectivity index (χ3n) is 6.38. The van der Waals surface area contributed by atoms with E-state index in [1.54, 1.807) is 12.1 Å². The maximum absolute atomic E-state index is 13.0. The predicted octanol–water partition coefficient (Wildman–Crippen LogP) is 4.86. The fourth-order valence-electron chi connectivity index (χ4n) is 4.57. The van der Waals surface area contributed by atoms with Crippen LogP contribution in [-0.4, -0.2) is 49.6 Å². The number of allylic oxidation sites excluding steroid dienone is 1. The zero-order valence-corrected chi connectivity index (χ0v) is 18.5. The molecule has 1 aromatic carbocycles. The molecule has 0 bridgehead atoms. The molecular formula is C24H34F3N3O. The Bertz CT molecular complexity index is 758. The summed E-state index contributed by atoms with van der Waals surface area (Å²) < 4.78 is 38.9. The first-order valence-electron chi connectivity index (χ1n) is 11.3. The maximum Gasteiger partial charge on any atom is 0.416 e. The second-order valence-electron chi connectivity index (χ2n) is 9.11.